The molecule has 1 unspecified atom stereocenters. The Labute approximate surface area is 111 Å². The Kier molecular flexibility index (Phi) is 3.18. The lowest BCUT2D eigenvalue weighted by Crippen LogP contribution is -2.38. The summed E-state index contributed by atoms with van der Waals surface area (Å²) in [5.41, 5.74) is 3.72. The van der Waals surface area contributed by atoms with Crippen LogP contribution in [0.1, 0.15) is 45.2 Å². The Morgan fingerprint density at radius 2 is 1.83 bits per heavy atom. The molecule has 0 bridgehead atoms. The van der Waals surface area contributed by atoms with E-state index >= 15 is 0 Å². The summed E-state index contributed by atoms with van der Waals surface area (Å²) in [5, 5.41) is 3.67. The number of hydrogen-bond donors (Lipinski definition) is 1. The summed E-state index contributed by atoms with van der Waals surface area (Å²) in [6, 6.07) is 6.77. The monoisotopic (exact) mass is 247 g/mol. The molecule has 0 radical (unpaired) electrons. The number of aryl methyl sites for hydroxylation is 1. The Morgan fingerprint density at radius 1 is 1.17 bits per heavy atom. The van der Waals surface area contributed by atoms with Gasteiger partial charge in [-0.05, 0) is 65.2 Å². The summed E-state index contributed by atoms with van der Waals surface area (Å²) in [4.78, 5) is 0. The summed E-state index contributed by atoms with van der Waals surface area (Å²) in [6.07, 6.45) is 1.04. The van der Waals surface area contributed by atoms with Gasteiger partial charge in [-0.25, -0.2) is 0 Å². The van der Waals surface area contributed by atoms with E-state index in [0.717, 1.165) is 6.42 Å². The van der Waals surface area contributed by atoms with Crippen molar-refractivity contribution in [1.82, 2.24) is 0 Å². The first-order valence-electron chi connectivity index (χ1n) is 6.74. The number of nitrogens with one attached hydrogen (secondary N) is 1. The standard InChI is InChI=1S/C16H25NO/c1-11-8-7-9-13(12(11)2)17-14-10-15(3,4)18-16(14,5)6/h7-9,14,17H,10H2,1-6H3. The number of ether oxygens (including phenoxy) is 1. The summed E-state index contributed by atoms with van der Waals surface area (Å²) < 4.78 is 6.13. The highest BCUT2D eigenvalue weighted by atomic mass is 16.5. The highest BCUT2D eigenvalue weighted by Crippen LogP contribution is 2.39. The second-order valence-electron chi connectivity index (χ2n) is 6.61. The molecule has 0 saturated carbocycles. The van der Waals surface area contributed by atoms with Gasteiger partial charge in [0.2, 0.25) is 0 Å². The minimum atomic E-state index is -0.125. The second-order valence-corrected chi connectivity index (χ2v) is 6.61. The van der Waals surface area contributed by atoms with Crippen LogP contribution in [-0.2, 0) is 4.74 Å². The molecular formula is C16H25NO. The fraction of sp³-hybridized carbons (Fsp3) is 0.625. The zero-order valence-electron chi connectivity index (χ0n) is 12.4. The van der Waals surface area contributed by atoms with Crippen LogP contribution in [-0.4, -0.2) is 17.2 Å². The Bertz CT molecular complexity index is 448. The maximum atomic E-state index is 6.13. The molecule has 2 heteroatoms. The average Bonchev–Trinajstić information content (AvgIpc) is 2.42. The van der Waals surface area contributed by atoms with E-state index in [-0.39, 0.29) is 11.2 Å². The van der Waals surface area contributed by atoms with Gasteiger partial charge in [-0.1, -0.05) is 12.1 Å². The highest BCUT2D eigenvalue weighted by Gasteiger charge is 2.45. The Balaban J connectivity index is 2.22. The summed E-state index contributed by atoms with van der Waals surface area (Å²) in [5.74, 6) is 0. The SMILES string of the molecule is Cc1cccc(NC2CC(C)(C)OC2(C)C)c1C. The maximum absolute atomic E-state index is 6.13. The van der Waals surface area contributed by atoms with Gasteiger partial charge in [0.25, 0.3) is 0 Å². The van der Waals surface area contributed by atoms with Crippen molar-refractivity contribution in [3.05, 3.63) is 29.3 Å². The smallest absolute Gasteiger partial charge is 0.0834 e. The molecule has 1 saturated heterocycles. The lowest BCUT2D eigenvalue weighted by atomic mass is 9.93. The molecule has 1 aromatic rings. The third-order valence-corrected chi connectivity index (χ3v) is 4.01. The second kappa shape index (κ2) is 4.27. The first kappa shape index (κ1) is 13.4. The third-order valence-electron chi connectivity index (χ3n) is 4.01. The van der Waals surface area contributed by atoms with Crippen LogP contribution >= 0.6 is 0 Å². The quantitative estimate of drug-likeness (QED) is 0.851. The molecule has 1 aliphatic rings. The molecule has 0 spiro atoms. The molecule has 1 N–H and O–H groups in total. The van der Waals surface area contributed by atoms with Crippen molar-refractivity contribution in [2.75, 3.05) is 5.32 Å². The Morgan fingerprint density at radius 3 is 2.39 bits per heavy atom. The first-order chi connectivity index (χ1) is 8.21. The minimum Gasteiger partial charge on any atom is -0.379 e. The lowest BCUT2D eigenvalue weighted by Gasteiger charge is -2.29. The predicted molar refractivity (Wildman–Crippen MR) is 77.2 cm³/mol. The molecule has 0 aromatic heterocycles. The van der Waals surface area contributed by atoms with Crippen molar-refractivity contribution in [3.63, 3.8) is 0 Å². The molecule has 0 aliphatic carbocycles. The van der Waals surface area contributed by atoms with E-state index in [0.29, 0.717) is 6.04 Å². The van der Waals surface area contributed by atoms with Gasteiger partial charge in [-0.15, -0.1) is 0 Å². The molecule has 18 heavy (non-hydrogen) atoms. The van der Waals surface area contributed by atoms with E-state index in [1.165, 1.54) is 16.8 Å². The molecule has 1 atom stereocenters. The van der Waals surface area contributed by atoms with Crippen LogP contribution in [0.5, 0.6) is 0 Å². The zero-order chi connectivity index (χ0) is 13.6. The van der Waals surface area contributed by atoms with E-state index in [1.807, 2.05) is 0 Å². The molecule has 0 amide bonds. The van der Waals surface area contributed by atoms with Crippen LogP contribution in [0.4, 0.5) is 5.69 Å². The molecule has 2 nitrogen and oxygen atoms in total. The Hall–Kier alpha value is -1.02. The van der Waals surface area contributed by atoms with Gasteiger partial charge in [-0.2, -0.15) is 0 Å². The predicted octanol–water partition coefficient (Wildman–Crippen LogP) is 4.06. The van der Waals surface area contributed by atoms with Gasteiger partial charge >= 0.3 is 0 Å². The number of benzene rings is 1. The zero-order valence-corrected chi connectivity index (χ0v) is 12.4. The van der Waals surface area contributed by atoms with E-state index in [1.54, 1.807) is 0 Å². The summed E-state index contributed by atoms with van der Waals surface area (Å²) >= 11 is 0. The number of rotatable bonds is 2. The normalized spacial score (nSPS) is 25.1. The highest BCUT2D eigenvalue weighted by molar-refractivity contribution is 5.54. The van der Waals surface area contributed by atoms with Crippen molar-refractivity contribution in [2.24, 2.45) is 0 Å². The summed E-state index contributed by atoms with van der Waals surface area (Å²) in [6.45, 7) is 13.0. The van der Waals surface area contributed by atoms with Gasteiger partial charge in [0.05, 0.1) is 17.2 Å². The van der Waals surface area contributed by atoms with Crippen molar-refractivity contribution < 1.29 is 4.74 Å². The number of hydrogen-bond acceptors (Lipinski definition) is 2. The molecule has 100 valence electrons. The first-order valence-corrected chi connectivity index (χ1v) is 6.74. The van der Waals surface area contributed by atoms with Crippen molar-refractivity contribution in [1.29, 1.82) is 0 Å². The van der Waals surface area contributed by atoms with Crippen molar-refractivity contribution >= 4 is 5.69 Å². The van der Waals surface area contributed by atoms with Crippen LogP contribution in [0.15, 0.2) is 18.2 Å². The van der Waals surface area contributed by atoms with Crippen LogP contribution in [0, 0.1) is 13.8 Å². The van der Waals surface area contributed by atoms with Gasteiger partial charge in [-0.3, -0.25) is 0 Å². The minimum absolute atomic E-state index is 0.0428. The van der Waals surface area contributed by atoms with Crippen molar-refractivity contribution in [2.45, 2.75) is 65.2 Å². The lowest BCUT2D eigenvalue weighted by molar-refractivity contribution is -0.0662. The van der Waals surface area contributed by atoms with E-state index in [2.05, 4.69) is 65.1 Å². The van der Waals surface area contributed by atoms with Crippen molar-refractivity contribution in [3.8, 4) is 0 Å². The van der Waals surface area contributed by atoms with Gasteiger partial charge < -0.3 is 10.1 Å². The van der Waals surface area contributed by atoms with E-state index < -0.39 is 0 Å². The average molecular weight is 247 g/mol. The van der Waals surface area contributed by atoms with Crippen LogP contribution in [0.25, 0.3) is 0 Å². The largest absolute Gasteiger partial charge is 0.379 e. The molecular weight excluding hydrogens is 222 g/mol. The maximum Gasteiger partial charge on any atom is 0.0834 e. The van der Waals surface area contributed by atoms with Gasteiger partial charge in [0.15, 0.2) is 0 Å². The fourth-order valence-electron chi connectivity index (χ4n) is 2.88. The molecule has 1 heterocycles. The van der Waals surface area contributed by atoms with E-state index in [4.69, 9.17) is 4.74 Å². The molecule has 1 fully saturated rings. The fourth-order valence-corrected chi connectivity index (χ4v) is 2.88. The molecule has 1 aliphatic heterocycles. The van der Waals surface area contributed by atoms with Gasteiger partial charge in [0, 0.05) is 5.69 Å². The van der Waals surface area contributed by atoms with Gasteiger partial charge in [0.1, 0.15) is 0 Å². The van der Waals surface area contributed by atoms with E-state index in [9.17, 15) is 0 Å². The topological polar surface area (TPSA) is 21.3 Å². The third kappa shape index (κ3) is 2.54. The molecule has 2 rings (SSSR count). The number of anilines is 1. The van der Waals surface area contributed by atoms with Crippen LogP contribution in [0.2, 0.25) is 0 Å². The molecule has 1 aromatic carbocycles. The van der Waals surface area contributed by atoms with Crippen LogP contribution < -0.4 is 5.32 Å². The van der Waals surface area contributed by atoms with Crippen LogP contribution in [0.3, 0.4) is 0 Å². The summed E-state index contributed by atoms with van der Waals surface area (Å²) in [7, 11) is 0.